The van der Waals surface area contributed by atoms with Gasteiger partial charge in [-0.1, -0.05) is 0 Å². The lowest BCUT2D eigenvalue weighted by Gasteiger charge is -2.18. The number of thiazole rings is 1. The number of hydrogen-bond acceptors (Lipinski definition) is 7. The Balaban J connectivity index is 1.46. The fourth-order valence-electron chi connectivity index (χ4n) is 2.70. The highest BCUT2D eigenvalue weighted by molar-refractivity contribution is 7.89. The Hall–Kier alpha value is -2.62. The fourth-order valence-corrected chi connectivity index (χ4v) is 4.54. The van der Waals surface area contributed by atoms with E-state index < -0.39 is 10.0 Å². The SMILES string of the molecule is COc1ccc(-c2nc(CNS(=O)(=O)c3ccc4c(c3)OCCO4)cs2)cc1. The molecule has 0 amide bonds. The van der Waals surface area contributed by atoms with Crippen molar-refractivity contribution >= 4 is 21.4 Å². The van der Waals surface area contributed by atoms with Crippen molar-refractivity contribution in [3.63, 3.8) is 0 Å². The van der Waals surface area contributed by atoms with E-state index in [4.69, 9.17) is 14.2 Å². The zero-order chi connectivity index (χ0) is 19.6. The predicted molar refractivity (Wildman–Crippen MR) is 106 cm³/mol. The van der Waals surface area contributed by atoms with Crippen molar-refractivity contribution in [2.24, 2.45) is 0 Å². The molecular weight excluding hydrogens is 400 g/mol. The molecule has 1 aliphatic rings. The summed E-state index contributed by atoms with van der Waals surface area (Å²) < 4.78 is 43.8. The van der Waals surface area contributed by atoms with Crippen molar-refractivity contribution in [2.45, 2.75) is 11.4 Å². The van der Waals surface area contributed by atoms with Gasteiger partial charge in [-0.15, -0.1) is 11.3 Å². The van der Waals surface area contributed by atoms with Crippen LogP contribution in [0.25, 0.3) is 10.6 Å². The first-order valence-electron chi connectivity index (χ1n) is 8.53. The van der Waals surface area contributed by atoms with Crippen LogP contribution in [0.15, 0.2) is 52.7 Å². The lowest BCUT2D eigenvalue weighted by molar-refractivity contribution is 0.171. The van der Waals surface area contributed by atoms with Crippen LogP contribution in [0.1, 0.15) is 5.69 Å². The monoisotopic (exact) mass is 418 g/mol. The quantitative estimate of drug-likeness (QED) is 0.662. The highest BCUT2D eigenvalue weighted by Crippen LogP contribution is 2.32. The van der Waals surface area contributed by atoms with Gasteiger partial charge in [-0.2, -0.15) is 0 Å². The third-order valence-electron chi connectivity index (χ3n) is 4.16. The van der Waals surface area contributed by atoms with E-state index in [1.165, 1.54) is 23.5 Å². The Kier molecular flexibility index (Phi) is 5.21. The van der Waals surface area contributed by atoms with E-state index >= 15 is 0 Å². The molecule has 3 aromatic rings. The van der Waals surface area contributed by atoms with Crippen LogP contribution in [0.2, 0.25) is 0 Å². The van der Waals surface area contributed by atoms with E-state index in [2.05, 4.69) is 9.71 Å². The van der Waals surface area contributed by atoms with Gasteiger partial charge in [-0.3, -0.25) is 0 Å². The molecule has 0 saturated heterocycles. The van der Waals surface area contributed by atoms with E-state index in [1.54, 1.807) is 13.2 Å². The van der Waals surface area contributed by atoms with Gasteiger partial charge >= 0.3 is 0 Å². The zero-order valence-electron chi connectivity index (χ0n) is 15.0. The summed E-state index contributed by atoms with van der Waals surface area (Å²) >= 11 is 1.46. The number of rotatable bonds is 6. The lowest BCUT2D eigenvalue weighted by Crippen LogP contribution is -2.24. The first-order valence-corrected chi connectivity index (χ1v) is 10.9. The summed E-state index contributed by atoms with van der Waals surface area (Å²) in [6.45, 7) is 0.956. The van der Waals surface area contributed by atoms with Crippen molar-refractivity contribution in [3.8, 4) is 27.8 Å². The molecule has 1 N–H and O–H groups in total. The molecule has 28 heavy (non-hydrogen) atoms. The van der Waals surface area contributed by atoms with Crippen LogP contribution >= 0.6 is 11.3 Å². The van der Waals surface area contributed by atoms with E-state index in [-0.39, 0.29) is 11.4 Å². The van der Waals surface area contributed by atoms with Gasteiger partial charge in [0.05, 0.1) is 24.2 Å². The molecule has 2 heterocycles. The number of nitrogens with one attached hydrogen (secondary N) is 1. The maximum absolute atomic E-state index is 12.6. The standard InChI is InChI=1S/C19H18N2O5S2/c1-24-15-4-2-13(3-5-15)19-21-14(12-27-19)11-20-28(22,23)16-6-7-17-18(10-16)26-9-8-25-17/h2-7,10,12,20H,8-9,11H2,1H3. The van der Waals surface area contributed by atoms with Gasteiger partial charge in [0, 0.05) is 17.0 Å². The Labute approximate surface area is 167 Å². The molecule has 1 aliphatic heterocycles. The third kappa shape index (κ3) is 3.96. The number of methoxy groups -OCH3 is 1. The number of aromatic nitrogens is 1. The minimum absolute atomic E-state index is 0.101. The average molecular weight is 418 g/mol. The summed E-state index contributed by atoms with van der Waals surface area (Å²) in [5, 5.41) is 2.66. The molecule has 4 rings (SSSR count). The molecule has 0 radical (unpaired) electrons. The summed E-state index contributed by atoms with van der Waals surface area (Å²) in [6.07, 6.45) is 0. The van der Waals surface area contributed by atoms with Crippen molar-refractivity contribution in [3.05, 3.63) is 53.5 Å². The number of sulfonamides is 1. The number of fused-ring (bicyclic) bond motifs is 1. The summed E-state index contributed by atoms with van der Waals surface area (Å²) in [4.78, 5) is 4.64. The Morgan fingerprint density at radius 1 is 1.11 bits per heavy atom. The summed E-state index contributed by atoms with van der Waals surface area (Å²) in [5.74, 6) is 1.76. The molecular formula is C19H18N2O5S2. The van der Waals surface area contributed by atoms with Crippen molar-refractivity contribution in [2.75, 3.05) is 20.3 Å². The molecule has 0 saturated carbocycles. The van der Waals surface area contributed by atoms with Gasteiger partial charge in [0.25, 0.3) is 0 Å². The van der Waals surface area contributed by atoms with E-state index in [1.807, 2.05) is 29.6 Å². The van der Waals surface area contributed by atoms with Crippen LogP contribution < -0.4 is 18.9 Å². The highest BCUT2D eigenvalue weighted by Gasteiger charge is 2.19. The number of ether oxygens (including phenoxy) is 3. The molecule has 0 fully saturated rings. The van der Waals surface area contributed by atoms with Gasteiger partial charge in [0.1, 0.15) is 24.0 Å². The van der Waals surface area contributed by atoms with E-state index in [9.17, 15) is 8.42 Å². The largest absolute Gasteiger partial charge is 0.497 e. The molecule has 7 nitrogen and oxygen atoms in total. The minimum atomic E-state index is -3.69. The molecule has 0 bridgehead atoms. The minimum Gasteiger partial charge on any atom is -0.497 e. The van der Waals surface area contributed by atoms with Crippen molar-refractivity contribution in [1.29, 1.82) is 0 Å². The Bertz CT molecular complexity index is 1080. The van der Waals surface area contributed by atoms with Crippen LogP contribution in [0.5, 0.6) is 17.2 Å². The van der Waals surface area contributed by atoms with E-state index in [0.29, 0.717) is 30.4 Å². The summed E-state index contributed by atoms with van der Waals surface area (Å²) in [7, 11) is -2.08. The first-order chi connectivity index (χ1) is 13.5. The van der Waals surface area contributed by atoms with Crippen molar-refractivity contribution < 1.29 is 22.6 Å². The first kappa shape index (κ1) is 18.7. The topological polar surface area (TPSA) is 86.8 Å². The normalized spacial score (nSPS) is 13.3. The second kappa shape index (κ2) is 7.78. The Morgan fingerprint density at radius 3 is 2.61 bits per heavy atom. The molecule has 0 atom stereocenters. The average Bonchev–Trinajstić information content (AvgIpc) is 3.21. The number of benzene rings is 2. The second-order valence-corrected chi connectivity index (χ2v) is 8.63. The van der Waals surface area contributed by atoms with Crippen LogP contribution in [-0.4, -0.2) is 33.7 Å². The summed E-state index contributed by atoms with van der Waals surface area (Å²) in [5.41, 5.74) is 1.60. The van der Waals surface area contributed by atoms with Crippen LogP contribution in [0.4, 0.5) is 0 Å². The smallest absolute Gasteiger partial charge is 0.241 e. The fraction of sp³-hybridized carbons (Fsp3) is 0.211. The van der Waals surface area contributed by atoms with Gasteiger partial charge in [0.15, 0.2) is 11.5 Å². The maximum atomic E-state index is 12.6. The van der Waals surface area contributed by atoms with Gasteiger partial charge in [-0.05, 0) is 36.4 Å². The molecule has 9 heteroatoms. The van der Waals surface area contributed by atoms with Gasteiger partial charge in [0.2, 0.25) is 10.0 Å². The van der Waals surface area contributed by atoms with Crippen molar-refractivity contribution in [1.82, 2.24) is 9.71 Å². The zero-order valence-corrected chi connectivity index (χ0v) is 16.7. The third-order valence-corrected chi connectivity index (χ3v) is 6.50. The lowest BCUT2D eigenvalue weighted by atomic mass is 10.2. The molecule has 0 spiro atoms. The van der Waals surface area contributed by atoms with Gasteiger partial charge < -0.3 is 14.2 Å². The van der Waals surface area contributed by atoms with Crippen LogP contribution in [-0.2, 0) is 16.6 Å². The molecule has 146 valence electrons. The van der Waals surface area contributed by atoms with E-state index in [0.717, 1.165) is 16.3 Å². The van der Waals surface area contributed by atoms with Gasteiger partial charge in [-0.25, -0.2) is 18.1 Å². The highest BCUT2D eigenvalue weighted by atomic mass is 32.2. The maximum Gasteiger partial charge on any atom is 0.241 e. The Morgan fingerprint density at radius 2 is 1.86 bits per heavy atom. The van der Waals surface area contributed by atoms with Crippen LogP contribution in [0, 0.1) is 0 Å². The molecule has 0 aliphatic carbocycles. The molecule has 0 unspecified atom stereocenters. The summed E-state index contributed by atoms with van der Waals surface area (Å²) in [6, 6.07) is 12.1. The van der Waals surface area contributed by atoms with Crippen LogP contribution in [0.3, 0.4) is 0 Å². The molecule has 1 aromatic heterocycles. The number of hydrogen-bond donors (Lipinski definition) is 1. The number of nitrogens with zero attached hydrogens (tertiary/aromatic N) is 1. The molecule has 2 aromatic carbocycles. The predicted octanol–water partition coefficient (Wildman–Crippen LogP) is 3.07. The second-order valence-electron chi connectivity index (χ2n) is 6.00.